The summed E-state index contributed by atoms with van der Waals surface area (Å²) in [6, 6.07) is 0. The van der Waals surface area contributed by atoms with E-state index in [1.54, 1.807) is 0 Å². The molecule has 0 fully saturated rings. The first-order chi connectivity index (χ1) is 4.64. The summed E-state index contributed by atoms with van der Waals surface area (Å²) in [6.07, 6.45) is 0. The topological polar surface area (TPSA) is 187 Å². The molecule has 0 bridgehead atoms. The Kier molecular flexibility index (Phi) is 17.1. The molecule has 0 saturated heterocycles. The molecule has 9 nitrogen and oxygen atoms in total. The number of carboxylic acids is 2. The summed E-state index contributed by atoms with van der Waals surface area (Å²) in [5, 5.41) is 14.8. The van der Waals surface area contributed by atoms with Crippen LogP contribution in [0.2, 0.25) is 0 Å². The van der Waals surface area contributed by atoms with Crippen molar-refractivity contribution in [3.8, 4) is 0 Å². The van der Waals surface area contributed by atoms with Gasteiger partial charge in [0.1, 0.15) is 0 Å². The quantitative estimate of drug-likeness (QED) is 0.146. The molecule has 8 N–H and O–H groups in total. The number of rotatable bonds is 0. The first-order valence-corrected chi connectivity index (χ1v) is 3.45. The summed E-state index contributed by atoms with van der Waals surface area (Å²) < 4.78 is 8.88. The van der Waals surface area contributed by atoms with Gasteiger partial charge in [0.05, 0.1) is 0 Å². The monoisotopic (exact) mass is 213 g/mol. The average molecular weight is 213 g/mol. The molecular formula is C2H9LiNO8P. The fourth-order valence-corrected chi connectivity index (χ4v) is 0. The Bertz CT molecular complexity index is 178. The van der Waals surface area contributed by atoms with Gasteiger partial charge in [-0.15, -0.1) is 0 Å². The van der Waals surface area contributed by atoms with Gasteiger partial charge >= 0.3 is 38.6 Å². The van der Waals surface area contributed by atoms with E-state index in [9.17, 15) is 0 Å². The second-order valence-corrected chi connectivity index (χ2v) is 2.15. The molecule has 0 aromatic rings. The van der Waals surface area contributed by atoms with E-state index >= 15 is 0 Å². The predicted molar refractivity (Wildman–Crippen MR) is 41.7 cm³/mol. The molecule has 0 rings (SSSR count). The third-order valence-corrected chi connectivity index (χ3v) is 0.183. The first-order valence-electron chi connectivity index (χ1n) is 1.89. The van der Waals surface area contributed by atoms with E-state index in [0.29, 0.717) is 0 Å². The number of carboxylic acid groups (broad SMARTS) is 2. The molecule has 0 spiro atoms. The molecule has 0 unspecified atom stereocenters. The van der Waals surface area contributed by atoms with Gasteiger partial charge in [0.2, 0.25) is 0 Å². The molecule has 13 heavy (non-hydrogen) atoms. The van der Waals surface area contributed by atoms with Crippen molar-refractivity contribution in [2.45, 2.75) is 0 Å². The zero-order valence-electron chi connectivity index (χ0n) is 5.62. The molecule has 0 atom stereocenters. The molecule has 0 radical (unpaired) electrons. The number of phosphoric acid groups is 1. The van der Waals surface area contributed by atoms with Gasteiger partial charge in [0.15, 0.2) is 0 Å². The van der Waals surface area contributed by atoms with Crippen molar-refractivity contribution in [2.75, 3.05) is 0 Å². The Labute approximate surface area is 84.4 Å². The molecular weight excluding hydrogens is 204 g/mol. The van der Waals surface area contributed by atoms with E-state index in [0.717, 1.165) is 0 Å². The van der Waals surface area contributed by atoms with Crippen LogP contribution in [-0.4, -0.2) is 55.7 Å². The number of aliphatic carboxylic acids is 2. The van der Waals surface area contributed by atoms with Crippen LogP contribution in [0.3, 0.4) is 0 Å². The average Bonchev–Trinajstić information content (AvgIpc) is 1.59. The van der Waals surface area contributed by atoms with E-state index in [-0.39, 0.29) is 25.0 Å². The SMILES string of the molecule is N.O=C(O)C(=O)O.O=P(O)(O)O.[LiH]. The van der Waals surface area contributed by atoms with Gasteiger partial charge in [-0.2, -0.15) is 0 Å². The van der Waals surface area contributed by atoms with Gasteiger partial charge in [-0.05, 0) is 0 Å². The van der Waals surface area contributed by atoms with E-state index in [1.807, 2.05) is 0 Å². The summed E-state index contributed by atoms with van der Waals surface area (Å²) in [7, 11) is -4.64. The summed E-state index contributed by atoms with van der Waals surface area (Å²) in [6.45, 7) is 0. The van der Waals surface area contributed by atoms with Crippen molar-refractivity contribution in [2.24, 2.45) is 0 Å². The standard InChI is InChI=1S/C2H2O4.Li.H3N.H3O4P.H/c3-1(4)2(5)6;;;1-5(2,3)4;/h(H,3,4)(H,5,6);;1H3;(H3,1,2,3,4);. The zero-order chi connectivity index (χ0) is 9.65. The van der Waals surface area contributed by atoms with Crippen molar-refractivity contribution in [1.82, 2.24) is 6.15 Å². The van der Waals surface area contributed by atoms with E-state index < -0.39 is 19.8 Å². The van der Waals surface area contributed by atoms with Crippen molar-refractivity contribution in [3.63, 3.8) is 0 Å². The minimum atomic E-state index is -4.64. The van der Waals surface area contributed by atoms with E-state index in [1.165, 1.54) is 0 Å². The number of hydrogen-bond acceptors (Lipinski definition) is 4. The van der Waals surface area contributed by atoms with Gasteiger partial charge in [-0.1, -0.05) is 0 Å². The third kappa shape index (κ3) is 82.3. The van der Waals surface area contributed by atoms with E-state index in [4.69, 9.17) is 39.0 Å². The van der Waals surface area contributed by atoms with Crippen molar-refractivity contribution >= 4 is 38.6 Å². The number of carbonyl (C=O) groups is 2. The Morgan fingerprint density at radius 1 is 0.923 bits per heavy atom. The molecule has 11 heteroatoms. The molecule has 0 saturated carbocycles. The van der Waals surface area contributed by atoms with Gasteiger partial charge < -0.3 is 31.0 Å². The van der Waals surface area contributed by atoms with Crippen LogP contribution < -0.4 is 6.15 Å². The molecule has 76 valence electrons. The van der Waals surface area contributed by atoms with Crippen LogP contribution in [0.5, 0.6) is 0 Å². The second kappa shape index (κ2) is 9.69. The fourth-order valence-electron chi connectivity index (χ4n) is 0. The molecule has 0 aromatic heterocycles. The molecule has 0 aliphatic rings. The van der Waals surface area contributed by atoms with Crippen LogP contribution in [0, 0.1) is 0 Å². The van der Waals surface area contributed by atoms with Gasteiger partial charge in [0.25, 0.3) is 0 Å². The van der Waals surface area contributed by atoms with Crippen LogP contribution in [-0.2, 0) is 14.2 Å². The van der Waals surface area contributed by atoms with Crippen LogP contribution in [0.4, 0.5) is 0 Å². The normalized spacial score (nSPS) is 7.92. The van der Waals surface area contributed by atoms with Crippen LogP contribution in [0.1, 0.15) is 0 Å². The molecule has 0 amide bonds. The fraction of sp³-hybridized carbons (Fsp3) is 0. The predicted octanol–water partition coefficient (Wildman–Crippen LogP) is -2.26. The Hall–Kier alpha value is -0.393. The Balaban J connectivity index is -0.0000000546. The Morgan fingerprint density at radius 3 is 1.00 bits per heavy atom. The van der Waals surface area contributed by atoms with Gasteiger partial charge in [0, 0.05) is 0 Å². The van der Waals surface area contributed by atoms with Crippen molar-refractivity contribution in [3.05, 3.63) is 0 Å². The number of hydrogen-bond donors (Lipinski definition) is 6. The summed E-state index contributed by atoms with van der Waals surface area (Å²) in [5.74, 6) is -3.65. The second-order valence-electron chi connectivity index (χ2n) is 1.12. The third-order valence-electron chi connectivity index (χ3n) is 0.183. The maximum absolute atomic E-state index is 9.10. The molecule has 0 aliphatic carbocycles. The summed E-state index contributed by atoms with van der Waals surface area (Å²) in [4.78, 5) is 39.8. The summed E-state index contributed by atoms with van der Waals surface area (Å²) in [5.41, 5.74) is 0. The molecule has 0 aliphatic heterocycles. The Morgan fingerprint density at radius 2 is 1.00 bits per heavy atom. The summed E-state index contributed by atoms with van der Waals surface area (Å²) >= 11 is 0. The molecule has 0 heterocycles. The van der Waals surface area contributed by atoms with Gasteiger partial charge in [-0.25, -0.2) is 14.2 Å². The van der Waals surface area contributed by atoms with Crippen molar-refractivity contribution < 1.29 is 39.0 Å². The van der Waals surface area contributed by atoms with Crippen LogP contribution in [0.15, 0.2) is 0 Å². The maximum atomic E-state index is 9.10. The zero-order valence-corrected chi connectivity index (χ0v) is 6.51. The van der Waals surface area contributed by atoms with Crippen LogP contribution in [0.25, 0.3) is 0 Å². The molecule has 0 aromatic carbocycles. The first kappa shape index (κ1) is 22.9. The van der Waals surface area contributed by atoms with Crippen molar-refractivity contribution in [1.29, 1.82) is 0 Å². The minimum absolute atomic E-state index is 0. The van der Waals surface area contributed by atoms with E-state index in [2.05, 4.69) is 0 Å². The van der Waals surface area contributed by atoms with Crippen LogP contribution >= 0.6 is 7.82 Å². The van der Waals surface area contributed by atoms with Gasteiger partial charge in [-0.3, -0.25) is 0 Å².